The van der Waals surface area contributed by atoms with Crippen LogP contribution in [0, 0.1) is 5.92 Å². The predicted octanol–water partition coefficient (Wildman–Crippen LogP) is 7.50. The molecule has 0 unspecified atom stereocenters. The lowest BCUT2D eigenvalue weighted by molar-refractivity contribution is 0.284. The Morgan fingerprint density at radius 3 is 1.37 bits per heavy atom. The molecule has 0 heterocycles. The molecular weight excluding hydrogens is 296 g/mol. The van der Waals surface area contributed by atoms with Crippen LogP contribution >= 0.6 is 15.9 Å². The molecule has 0 saturated heterocycles. The fourth-order valence-corrected chi connectivity index (χ4v) is 4.06. The van der Waals surface area contributed by atoms with Crippen molar-refractivity contribution in [2.75, 3.05) is 0 Å². The van der Waals surface area contributed by atoms with E-state index < -0.39 is 0 Å². The van der Waals surface area contributed by atoms with Crippen molar-refractivity contribution >= 4 is 15.9 Å². The minimum absolute atomic E-state index is 0.434. The first-order valence-corrected chi connectivity index (χ1v) is 9.62. The van der Waals surface area contributed by atoms with Crippen LogP contribution in [0.2, 0.25) is 0 Å². The Morgan fingerprint density at radius 1 is 0.684 bits per heavy atom. The number of alkyl halides is 1. The Hall–Kier alpha value is 0.480. The number of rotatable bonds is 13. The van der Waals surface area contributed by atoms with Gasteiger partial charge < -0.3 is 0 Å². The van der Waals surface area contributed by atoms with E-state index in [4.69, 9.17) is 0 Å². The molecule has 0 nitrogen and oxygen atoms in total. The summed E-state index contributed by atoms with van der Waals surface area (Å²) < 4.78 is 0.434. The van der Waals surface area contributed by atoms with Gasteiger partial charge in [-0.1, -0.05) is 95.0 Å². The molecule has 0 aliphatic heterocycles. The van der Waals surface area contributed by atoms with Crippen molar-refractivity contribution in [1.82, 2.24) is 0 Å². The summed E-state index contributed by atoms with van der Waals surface area (Å²) in [5.74, 6) is 0.894. The third-order valence-corrected chi connectivity index (χ3v) is 5.88. The van der Waals surface area contributed by atoms with Crippen LogP contribution in [0.4, 0.5) is 0 Å². The van der Waals surface area contributed by atoms with Crippen molar-refractivity contribution < 1.29 is 0 Å². The zero-order valence-electron chi connectivity index (χ0n) is 13.9. The molecule has 0 saturated carbocycles. The molecule has 0 radical (unpaired) electrons. The van der Waals surface area contributed by atoms with Gasteiger partial charge in [-0.25, -0.2) is 0 Å². The lowest BCUT2D eigenvalue weighted by Gasteiger charge is -2.37. The first kappa shape index (κ1) is 19.5. The summed E-state index contributed by atoms with van der Waals surface area (Å²) in [6.07, 6.45) is 16.5. The Balaban J connectivity index is 4.64. The molecule has 19 heavy (non-hydrogen) atoms. The average Bonchev–Trinajstić information content (AvgIpc) is 2.43. The minimum Gasteiger partial charge on any atom is -0.0850 e. The highest BCUT2D eigenvalue weighted by molar-refractivity contribution is 9.10. The van der Waals surface area contributed by atoms with E-state index in [1.54, 1.807) is 0 Å². The van der Waals surface area contributed by atoms with Crippen molar-refractivity contribution in [3.8, 4) is 0 Å². The number of hydrogen-bond donors (Lipinski definition) is 0. The molecule has 0 aromatic rings. The summed E-state index contributed by atoms with van der Waals surface area (Å²) in [4.78, 5) is 0. The highest BCUT2D eigenvalue weighted by Crippen LogP contribution is 2.43. The molecule has 116 valence electrons. The summed E-state index contributed by atoms with van der Waals surface area (Å²) in [7, 11) is 0. The average molecular weight is 333 g/mol. The van der Waals surface area contributed by atoms with Gasteiger partial charge in [0.1, 0.15) is 0 Å². The van der Waals surface area contributed by atoms with Crippen molar-refractivity contribution in [2.45, 2.75) is 109 Å². The van der Waals surface area contributed by atoms with E-state index in [0.29, 0.717) is 4.32 Å². The van der Waals surface area contributed by atoms with Crippen molar-refractivity contribution in [1.29, 1.82) is 0 Å². The number of halogens is 1. The maximum atomic E-state index is 4.21. The van der Waals surface area contributed by atoms with E-state index in [9.17, 15) is 0 Å². The van der Waals surface area contributed by atoms with Crippen LogP contribution in [0.3, 0.4) is 0 Å². The Labute approximate surface area is 131 Å². The Morgan fingerprint density at radius 2 is 1.05 bits per heavy atom. The Bertz CT molecular complexity index is 172. The highest BCUT2D eigenvalue weighted by atomic mass is 79.9. The normalized spacial score (nSPS) is 12.3. The second-order valence-corrected chi connectivity index (χ2v) is 7.80. The van der Waals surface area contributed by atoms with Crippen molar-refractivity contribution in [3.63, 3.8) is 0 Å². The topological polar surface area (TPSA) is 0 Å². The van der Waals surface area contributed by atoms with Crippen LogP contribution in [0.1, 0.15) is 105 Å². The quantitative estimate of drug-likeness (QED) is 0.306. The molecule has 0 aromatic carbocycles. The van der Waals surface area contributed by atoms with E-state index in [0.717, 1.165) is 5.92 Å². The summed E-state index contributed by atoms with van der Waals surface area (Å²) in [6.45, 7) is 9.29. The van der Waals surface area contributed by atoms with Crippen molar-refractivity contribution in [3.05, 3.63) is 0 Å². The van der Waals surface area contributed by atoms with Gasteiger partial charge in [-0.3, -0.25) is 0 Å². The minimum atomic E-state index is 0.434. The molecule has 0 aromatic heterocycles. The standard InChI is InChI=1S/C18H37Br/c1-5-9-13-17(14-10-6-2)18(19,15-11-7-3)16-12-8-4/h17H,5-16H2,1-4H3. The van der Waals surface area contributed by atoms with Crippen LogP contribution in [0.15, 0.2) is 0 Å². The molecule has 1 heteroatoms. The fourth-order valence-electron chi connectivity index (χ4n) is 3.04. The van der Waals surface area contributed by atoms with E-state index in [-0.39, 0.29) is 0 Å². The Kier molecular flexibility index (Phi) is 12.5. The van der Waals surface area contributed by atoms with Gasteiger partial charge in [0.25, 0.3) is 0 Å². The number of hydrogen-bond acceptors (Lipinski definition) is 0. The van der Waals surface area contributed by atoms with Gasteiger partial charge in [0.15, 0.2) is 0 Å². The second-order valence-electron chi connectivity index (χ2n) is 6.22. The molecule has 0 aliphatic rings. The largest absolute Gasteiger partial charge is 0.0850 e. The van der Waals surface area contributed by atoms with Crippen LogP contribution in [-0.4, -0.2) is 4.32 Å². The van der Waals surface area contributed by atoms with Gasteiger partial charge in [-0.05, 0) is 31.6 Å². The lowest BCUT2D eigenvalue weighted by Crippen LogP contribution is -2.32. The van der Waals surface area contributed by atoms with E-state index in [1.165, 1.54) is 77.0 Å². The summed E-state index contributed by atoms with van der Waals surface area (Å²) in [5, 5.41) is 0. The maximum Gasteiger partial charge on any atom is 0.0286 e. The van der Waals surface area contributed by atoms with Crippen LogP contribution in [0.5, 0.6) is 0 Å². The number of unbranched alkanes of at least 4 members (excludes halogenated alkanes) is 4. The molecule has 0 amide bonds. The predicted molar refractivity (Wildman–Crippen MR) is 93.2 cm³/mol. The molecule has 0 fully saturated rings. The smallest absolute Gasteiger partial charge is 0.0286 e. The van der Waals surface area contributed by atoms with Crippen molar-refractivity contribution in [2.24, 2.45) is 5.92 Å². The maximum absolute atomic E-state index is 4.21. The van der Waals surface area contributed by atoms with E-state index in [1.807, 2.05) is 0 Å². The monoisotopic (exact) mass is 332 g/mol. The first-order valence-electron chi connectivity index (χ1n) is 8.83. The SMILES string of the molecule is CCCCC(CCCC)C(Br)(CCCC)CCCC. The van der Waals surface area contributed by atoms with Gasteiger partial charge >= 0.3 is 0 Å². The third-order valence-electron chi connectivity index (χ3n) is 4.44. The lowest BCUT2D eigenvalue weighted by atomic mass is 9.78. The molecule has 0 bridgehead atoms. The summed E-state index contributed by atoms with van der Waals surface area (Å²) >= 11 is 4.21. The van der Waals surface area contributed by atoms with Gasteiger partial charge in [-0.15, -0.1) is 0 Å². The van der Waals surface area contributed by atoms with Gasteiger partial charge in [0, 0.05) is 4.32 Å². The van der Waals surface area contributed by atoms with Gasteiger partial charge in [0.05, 0.1) is 0 Å². The van der Waals surface area contributed by atoms with E-state index >= 15 is 0 Å². The molecule has 0 atom stereocenters. The molecule has 0 N–H and O–H groups in total. The molecular formula is C18H37Br. The summed E-state index contributed by atoms with van der Waals surface area (Å²) in [6, 6.07) is 0. The van der Waals surface area contributed by atoms with Crippen LogP contribution in [-0.2, 0) is 0 Å². The first-order chi connectivity index (χ1) is 9.14. The van der Waals surface area contributed by atoms with Crippen LogP contribution < -0.4 is 0 Å². The van der Waals surface area contributed by atoms with Crippen LogP contribution in [0.25, 0.3) is 0 Å². The summed E-state index contributed by atoms with van der Waals surface area (Å²) in [5.41, 5.74) is 0. The zero-order valence-corrected chi connectivity index (χ0v) is 15.5. The fraction of sp³-hybridized carbons (Fsp3) is 1.00. The molecule has 0 aliphatic carbocycles. The molecule has 0 rings (SSSR count). The van der Waals surface area contributed by atoms with Gasteiger partial charge in [0.2, 0.25) is 0 Å². The van der Waals surface area contributed by atoms with Gasteiger partial charge in [-0.2, -0.15) is 0 Å². The molecule has 0 spiro atoms. The highest BCUT2D eigenvalue weighted by Gasteiger charge is 2.33. The third kappa shape index (κ3) is 8.38. The van der Waals surface area contributed by atoms with E-state index in [2.05, 4.69) is 43.6 Å². The second kappa shape index (κ2) is 12.2. The zero-order chi connectivity index (χ0) is 14.6.